The van der Waals surface area contributed by atoms with E-state index in [1.165, 1.54) is 13.0 Å². The third-order valence-corrected chi connectivity index (χ3v) is 6.21. The first-order valence-corrected chi connectivity index (χ1v) is 11.6. The predicted octanol–water partition coefficient (Wildman–Crippen LogP) is 2.57. The smallest absolute Gasteiger partial charge is 0.419 e. The van der Waals surface area contributed by atoms with Crippen molar-refractivity contribution in [3.63, 3.8) is 0 Å². The molecule has 0 bridgehead atoms. The van der Waals surface area contributed by atoms with Crippen molar-refractivity contribution in [3.8, 4) is 5.75 Å². The van der Waals surface area contributed by atoms with Gasteiger partial charge in [-0.2, -0.15) is 17.6 Å². The number of ether oxygens (including phenoxy) is 2. The summed E-state index contributed by atoms with van der Waals surface area (Å²) in [6.07, 6.45) is -4.80. The molecule has 0 radical (unpaired) electrons. The van der Waals surface area contributed by atoms with Gasteiger partial charge in [0.25, 0.3) is 10.0 Å². The number of pyridine rings is 1. The molecule has 1 aromatic carbocycles. The van der Waals surface area contributed by atoms with Gasteiger partial charge >= 0.3 is 6.18 Å². The number of sulfonamides is 1. The highest BCUT2D eigenvalue weighted by Gasteiger charge is 2.63. The van der Waals surface area contributed by atoms with Gasteiger partial charge in [0.2, 0.25) is 11.7 Å². The Labute approximate surface area is 197 Å². The summed E-state index contributed by atoms with van der Waals surface area (Å²) in [7, 11) is -3.23. The van der Waals surface area contributed by atoms with Crippen LogP contribution in [-0.2, 0) is 19.6 Å². The molecule has 2 aromatic rings. The molecule has 1 amide bonds. The zero-order valence-corrected chi connectivity index (χ0v) is 19.2. The van der Waals surface area contributed by atoms with Gasteiger partial charge in [0.15, 0.2) is 22.2 Å². The zero-order valence-electron chi connectivity index (χ0n) is 18.4. The highest BCUT2D eigenvalue weighted by atomic mass is 32.2. The number of rotatable bonds is 7. The lowest BCUT2D eigenvalue weighted by molar-refractivity contribution is -0.268. The van der Waals surface area contributed by atoms with Crippen molar-refractivity contribution in [2.75, 3.05) is 30.5 Å². The molecule has 15 heteroatoms. The fraction of sp³-hybridized carbons (Fsp3) is 0.400. The lowest BCUT2D eigenvalue weighted by atomic mass is 9.98. The van der Waals surface area contributed by atoms with Crippen LogP contribution in [0.3, 0.4) is 0 Å². The van der Waals surface area contributed by atoms with Crippen LogP contribution in [0.2, 0.25) is 0 Å². The molecule has 0 spiro atoms. The van der Waals surface area contributed by atoms with Crippen LogP contribution in [0.1, 0.15) is 13.3 Å². The molecule has 3 rings (SSSR count). The Morgan fingerprint density at radius 3 is 2.57 bits per heavy atom. The van der Waals surface area contributed by atoms with Crippen molar-refractivity contribution >= 4 is 27.3 Å². The number of benzene rings is 1. The van der Waals surface area contributed by atoms with E-state index in [9.17, 15) is 35.2 Å². The van der Waals surface area contributed by atoms with Crippen molar-refractivity contribution in [3.05, 3.63) is 42.1 Å². The number of methoxy groups -OCH3 is 1. The van der Waals surface area contributed by atoms with Crippen LogP contribution in [0.15, 0.2) is 35.5 Å². The topological polar surface area (TPSA) is 124 Å². The van der Waals surface area contributed by atoms with Crippen LogP contribution in [0, 0.1) is 11.6 Å². The van der Waals surface area contributed by atoms with Crippen molar-refractivity contribution in [1.82, 2.24) is 4.98 Å². The number of amides is 1. The second kappa shape index (κ2) is 9.54. The van der Waals surface area contributed by atoms with Crippen molar-refractivity contribution in [2.45, 2.75) is 36.2 Å². The van der Waals surface area contributed by atoms with Gasteiger partial charge in [0.1, 0.15) is 6.04 Å². The maximum absolute atomic E-state index is 14.4. The molecule has 2 heterocycles. The lowest BCUT2D eigenvalue weighted by Crippen LogP contribution is -2.50. The Kier molecular flexibility index (Phi) is 7.24. The SMILES string of the molecule is CCO[C@@]1(C(F)(F)F)C[C@H](C(=O)Nc2ccnc(S(N)(=O)=O)c2)N(c2ccc(F)c(F)c2OC)C1. The number of halogens is 5. The summed E-state index contributed by atoms with van der Waals surface area (Å²) in [6, 6.07) is 2.19. The van der Waals surface area contributed by atoms with Crippen molar-refractivity contribution in [2.24, 2.45) is 5.14 Å². The second-order valence-electron chi connectivity index (χ2n) is 7.60. The Bertz CT molecular complexity index is 1230. The van der Waals surface area contributed by atoms with Gasteiger partial charge in [0.05, 0.1) is 19.3 Å². The number of alkyl halides is 3. The number of aromatic nitrogens is 1. The molecule has 2 atom stereocenters. The first-order chi connectivity index (χ1) is 16.2. The number of carbonyl (C=O) groups excluding carboxylic acids is 1. The standard InChI is InChI=1S/C20H21F5N4O5S/c1-3-34-19(20(23,24)25)9-14(18(30)28-11-6-7-27-15(8-11)35(26,31)32)29(10-19)13-5-4-12(21)16(22)17(13)33-2/h4-8,14H,3,9-10H2,1-2H3,(H2,26,31,32)(H,27,28,30)/t14-,19+/m1/s1. The summed E-state index contributed by atoms with van der Waals surface area (Å²) in [4.78, 5) is 17.6. The Morgan fingerprint density at radius 2 is 2.00 bits per heavy atom. The fourth-order valence-electron chi connectivity index (χ4n) is 3.84. The normalized spacial score (nSPS) is 20.7. The molecule has 1 aliphatic heterocycles. The minimum absolute atomic E-state index is 0.118. The monoisotopic (exact) mass is 524 g/mol. The molecule has 1 saturated heterocycles. The summed E-state index contributed by atoms with van der Waals surface area (Å²) in [6.45, 7) is 0.0659. The number of nitrogens with one attached hydrogen (secondary N) is 1. The summed E-state index contributed by atoms with van der Waals surface area (Å²) in [5.41, 5.74) is -3.24. The van der Waals surface area contributed by atoms with E-state index in [0.717, 1.165) is 30.3 Å². The summed E-state index contributed by atoms with van der Waals surface area (Å²) < 4.78 is 104. The highest BCUT2D eigenvalue weighted by molar-refractivity contribution is 7.89. The Hall–Kier alpha value is -3.04. The number of anilines is 2. The maximum Gasteiger partial charge on any atom is 0.419 e. The Balaban J connectivity index is 2.07. The Morgan fingerprint density at radius 1 is 1.31 bits per heavy atom. The molecule has 0 aliphatic carbocycles. The molecule has 0 saturated carbocycles. The first kappa shape index (κ1) is 26.6. The molecule has 3 N–H and O–H groups in total. The molecular formula is C20H21F5N4O5S. The zero-order chi connectivity index (χ0) is 26.2. The van der Waals surface area contributed by atoms with E-state index < -0.39 is 69.1 Å². The molecule has 35 heavy (non-hydrogen) atoms. The average molecular weight is 524 g/mol. The van der Waals surface area contributed by atoms with Gasteiger partial charge in [0, 0.05) is 31.0 Å². The lowest BCUT2D eigenvalue weighted by Gasteiger charge is -2.32. The number of hydrogen-bond donors (Lipinski definition) is 2. The largest absolute Gasteiger partial charge is 0.491 e. The second-order valence-corrected chi connectivity index (χ2v) is 9.11. The minimum atomic E-state index is -4.93. The van der Waals surface area contributed by atoms with Crippen LogP contribution in [0.5, 0.6) is 5.75 Å². The van der Waals surface area contributed by atoms with E-state index in [0.29, 0.717) is 6.07 Å². The molecule has 192 valence electrons. The maximum atomic E-state index is 14.4. The molecular weight excluding hydrogens is 503 g/mol. The third-order valence-electron chi connectivity index (χ3n) is 5.40. The van der Waals surface area contributed by atoms with E-state index in [-0.39, 0.29) is 18.0 Å². The molecule has 9 nitrogen and oxygen atoms in total. The van der Waals surface area contributed by atoms with Gasteiger partial charge in [-0.25, -0.2) is 22.9 Å². The van der Waals surface area contributed by atoms with E-state index in [1.54, 1.807) is 0 Å². The van der Waals surface area contributed by atoms with E-state index in [2.05, 4.69) is 10.3 Å². The van der Waals surface area contributed by atoms with Crippen LogP contribution in [0.4, 0.5) is 33.3 Å². The summed E-state index contributed by atoms with van der Waals surface area (Å²) in [5, 5.41) is 6.75. The fourth-order valence-corrected chi connectivity index (χ4v) is 4.34. The van der Waals surface area contributed by atoms with Crippen LogP contribution < -0.4 is 20.1 Å². The van der Waals surface area contributed by atoms with Crippen LogP contribution in [0.25, 0.3) is 0 Å². The highest BCUT2D eigenvalue weighted by Crippen LogP contribution is 2.47. The van der Waals surface area contributed by atoms with E-state index >= 15 is 0 Å². The van der Waals surface area contributed by atoms with Crippen LogP contribution >= 0.6 is 0 Å². The number of primary sulfonamides is 1. The van der Waals surface area contributed by atoms with Gasteiger partial charge in [-0.1, -0.05) is 0 Å². The first-order valence-electron chi connectivity index (χ1n) is 10.0. The summed E-state index contributed by atoms with van der Waals surface area (Å²) in [5.74, 6) is -4.45. The van der Waals surface area contributed by atoms with Crippen molar-refractivity contribution in [1.29, 1.82) is 0 Å². The number of hydrogen-bond acceptors (Lipinski definition) is 7. The predicted molar refractivity (Wildman–Crippen MR) is 113 cm³/mol. The number of carbonyl (C=O) groups is 1. The van der Waals surface area contributed by atoms with Gasteiger partial charge in [-0.15, -0.1) is 0 Å². The molecule has 1 aromatic heterocycles. The minimum Gasteiger partial charge on any atom is -0.491 e. The molecule has 1 aliphatic rings. The quantitative estimate of drug-likeness (QED) is 0.534. The number of nitrogens with two attached hydrogens (primary N) is 1. The molecule has 1 fully saturated rings. The third kappa shape index (κ3) is 5.16. The molecule has 0 unspecified atom stereocenters. The van der Waals surface area contributed by atoms with Gasteiger partial charge in [-0.3, -0.25) is 4.79 Å². The van der Waals surface area contributed by atoms with Gasteiger partial charge in [-0.05, 0) is 25.1 Å². The van der Waals surface area contributed by atoms with Gasteiger partial charge < -0.3 is 19.7 Å². The van der Waals surface area contributed by atoms with Crippen molar-refractivity contribution < 1.29 is 44.6 Å². The van der Waals surface area contributed by atoms with Crippen LogP contribution in [-0.4, -0.2) is 57.4 Å². The van der Waals surface area contributed by atoms with E-state index in [1.807, 2.05) is 0 Å². The number of nitrogens with zero attached hydrogens (tertiary/aromatic N) is 2. The summed E-state index contributed by atoms with van der Waals surface area (Å²) >= 11 is 0. The average Bonchev–Trinajstić information content (AvgIpc) is 3.16. The van der Waals surface area contributed by atoms with E-state index in [4.69, 9.17) is 14.6 Å².